The van der Waals surface area contributed by atoms with E-state index in [9.17, 15) is 4.39 Å². The molecule has 0 saturated carbocycles. The van der Waals surface area contributed by atoms with E-state index in [0.717, 1.165) is 53.3 Å². The van der Waals surface area contributed by atoms with Crippen molar-refractivity contribution in [2.45, 2.75) is 19.4 Å². The van der Waals surface area contributed by atoms with Crippen LogP contribution < -0.4 is 9.47 Å². The lowest BCUT2D eigenvalue weighted by molar-refractivity contribution is 0.303. The van der Waals surface area contributed by atoms with E-state index in [-0.39, 0.29) is 5.82 Å². The zero-order chi connectivity index (χ0) is 20.1. The zero-order valence-electron chi connectivity index (χ0n) is 16.3. The van der Waals surface area contributed by atoms with Crippen LogP contribution in [0.3, 0.4) is 0 Å². The summed E-state index contributed by atoms with van der Waals surface area (Å²) in [4.78, 5) is 4.77. The van der Waals surface area contributed by atoms with Crippen LogP contribution in [0.15, 0.2) is 72.8 Å². The Balaban J connectivity index is 1.43. The van der Waals surface area contributed by atoms with Crippen LogP contribution in [0, 0.1) is 5.82 Å². The van der Waals surface area contributed by atoms with Crippen molar-refractivity contribution in [3.05, 3.63) is 78.6 Å². The minimum absolute atomic E-state index is 0.243. The molecule has 0 atom stereocenters. The van der Waals surface area contributed by atoms with Crippen LogP contribution in [0.5, 0.6) is 11.5 Å². The number of fused-ring (bicyclic) bond motifs is 1. The van der Waals surface area contributed by atoms with E-state index in [1.165, 1.54) is 12.1 Å². The Kier molecular flexibility index (Phi) is 5.75. The summed E-state index contributed by atoms with van der Waals surface area (Å²) in [6, 6.07) is 22.2. The molecule has 1 aromatic heterocycles. The van der Waals surface area contributed by atoms with Crippen molar-refractivity contribution >= 4 is 11.0 Å². The molecular weight excluding hydrogens is 367 g/mol. The highest BCUT2D eigenvalue weighted by molar-refractivity contribution is 5.80. The van der Waals surface area contributed by atoms with Gasteiger partial charge in [-0.15, -0.1) is 0 Å². The third-order valence-electron chi connectivity index (χ3n) is 4.86. The van der Waals surface area contributed by atoms with Gasteiger partial charge < -0.3 is 14.0 Å². The normalized spacial score (nSPS) is 11.0. The predicted octanol–water partition coefficient (Wildman–Crippen LogP) is 5.71. The van der Waals surface area contributed by atoms with E-state index in [2.05, 4.69) is 10.6 Å². The molecule has 4 rings (SSSR count). The maximum atomic E-state index is 13.3. The number of para-hydroxylation sites is 2. The molecule has 148 valence electrons. The number of imidazole rings is 1. The second kappa shape index (κ2) is 8.78. The highest BCUT2D eigenvalue weighted by Gasteiger charge is 2.12. The summed E-state index contributed by atoms with van der Waals surface area (Å²) < 4.78 is 26.5. The third kappa shape index (κ3) is 4.40. The highest BCUT2D eigenvalue weighted by Crippen LogP contribution is 2.25. The Morgan fingerprint density at radius 2 is 1.59 bits per heavy atom. The largest absolute Gasteiger partial charge is 0.497 e. The third-order valence-corrected chi connectivity index (χ3v) is 4.86. The average molecular weight is 390 g/mol. The van der Waals surface area contributed by atoms with Crippen LogP contribution in [0.25, 0.3) is 22.4 Å². The Morgan fingerprint density at radius 3 is 2.34 bits per heavy atom. The fraction of sp³-hybridized carbons (Fsp3) is 0.208. The molecular formula is C24H23FN2O2. The molecule has 0 fully saturated rings. The Hall–Kier alpha value is -3.34. The fourth-order valence-electron chi connectivity index (χ4n) is 3.36. The molecule has 5 heteroatoms. The smallest absolute Gasteiger partial charge is 0.141 e. The van der Waals surface area contributed by atoms with Gasteiger partial charge in [0, 0.05) is 12.1 Å². The molecule has 29 heavy (non-hydrogen) atoms. The standard InChI is InChI=1S/C24H23FN2O2/c1-28-20-12-14-21(15-13-20)29-17-5-4-16-27-23-7-3-2-6-22(23)26-24(27)18-8-10-19(25)11-9-18/h2-3,6-15H,4-5,16-17H2,1H3. The van der Waals surface area contributed by atoms with Crippen LogP contribution >= 0.6 is 0 Å². The lowest BCUT2D eigenvalue weighted by Crippen LogP contribution is -2.04. The first-order valence-electron chi connectivity index (χ1n) is 9.72. The quantitative estimate of drug-likeness (QED) is 0.362. The summed E-state index contributed by atoms with van der Waals surface area (Å²) in [6.07, 6.45) is 1.87. The van der Waals surface area contributed by atoms with Gasteiger partial charge in [0.15, 0.2) is 0 Å². The maximum absolute atomic E-state index is 13.3. The highest BCUT2D eigenvalue weighted by atomic mass is 19.1. The second-order valence-electron chi connectivity index (χ2n) is 6.81. The number of hydrogen-bond donors (Lipinski definition) is 0. The molecule has 0 N–H and O–H groups in total. The van der Waals surface area contributed by atoms with E-state index in [1.807, 2.05) is 42.5 Å². The van der Waals surface area contributed by atoms with Crippen LogP contribution in [-0.2, 0) is 6.54 Å². The van der Waals surface area contributed by atoms with Gasteiger partial charge in [-0.25, -0.2) is 9.37 Å². The number of ether oxygens (including phenoxy) is 2. The average Bonchev–Trinajstić information content (AvgIpc) is 3.13. The van der Waals surface area contributed by atoms with E-state index in [0.29, 0.717) is 6.61 Å². The minimum Gasteiger partial charge on any atom is -0.497 e. The van der Waals surface area contributed by atoms with Gasteiger partial charge >= 0.3 is 0 Å². The summed E-state index contributed by atoms with van der Waals surface area (Å²) in [5, 5.41) is 0. The molecule has 0 saturated heterocycles. The fourth-order valence-corrected chi connectivity index (χ4v) is 3.36. The van der Waals surface area contributed by atoms with Gasteiger partial charge in [0.1, 0.15) is 23.1 Å². The van der Waals surface area contributed by atoms with Crippen LogP contribution in [0.1, 0.15) is 12.8 Å². The van der Waals surface area contributed by atoms with E-state index in [4.69, 9.17) is 14.5 Å². The first-order valence-corrected chi connectivity index (χ1v) is 9.72. The molecule has 4 aromatic rings. The van der Waals surface area contributed by atoms with Gasteiger partial charge in [-0.05, 0) is 73.5 Å². The maximum Gasteiger partial charge on any atom is 0.141 e. The minimum atomic E-state index is -0.243. The summed E-state index contributed by atoms with van der Waals surface area (Å²) >= 11 is 0. The Morgan fingerprint density at radius 1 is 0.862 bits per heavy atom. The molecule has 0 bridgehead atoms. The van der Waals surface area contributed by atoms with Gasteiger partial charge in [0.25, 0.3) is 0 Å². The molecule has 3 aromatic carbocycles. The predicted molar refractivity (Wildman–Crippen MR) is 113 cm³/mol. The summed E-state index contributed by atoms with van der Waals surface area (Å²) in [6.45, 7) is 1.46. The van der Waals surface area contributed by atoms with Gasteiger partial charge in [-0.2, -0.15) is 0 Å². The Bertz CT molecular complexity index is 1070. The molecule has 0 aliphatic carbocycles. The van der Waals surface area contributed by atoms with Crippen molar-refractivity contribution in [2.24, 2.45) is 0 Å². The molecule has 1 heterocycles. The van der Waals surface area contributed by atoms with E-state index < -0.39 is 0 Å². The molecule has 0 spiro atoms. The zero-order valence-corrected chi connectivity index (χ0v) is 16.3. The van der Waals surface area contributed by atoms with E-state index in [1.54, 1.807) is 19.2 Å². The number of rotatable bonds is 8. The van der Waals surface area contributed by atoms with Crippen LogP contribution in [0.4, 0.5) is 4.39 Å². The number of aryl methyl sites for hydroxylation is 1. The van der Waals surface area contributed by atoms with Crippen molar-refractivity contribution in [2.75, 3.05) is 13.7 Å². The van der Waals surface area contributed by atoms with Gasteiger partial charge in [-0.1, -0.05) is 12.1 Å². The van der Waals surface area contributed by atoms with Crippen molar-refractivity contribution in [3.63, 3.8) is 0 Å². The van der Waals surface area contributed by atoms with Crippen molar-refractivity contribution in [3.8, 4) is 22.9 Å². The monoisotopic (exact) mass is 390 g/mol. The van der Waals surface area contributed by atoms with Crippen molar-refractivity contribution in [1.29, 1.82) is 0 Å². The number of benzene rings is 3. The number of hydrogen-bond acceptors (Lipinski definition) is 3. The number of halogens is 1. The first kappa shape index (κ1) is 19.0. The molecule has 0 aliphatic heterocycles. The van der Waals surface area contributed by atoms with Crippen molar-refractivity contribution in [1.82, 2.24) is 9.55 Å². The molecule has 4 nitrogen and oxygen atoms in total. The lowest BCUT2D eigenvalue weighted by Gasteiger charge is -2.10. The second-order valence-corrected chi connectivity index (χ2v) is 6.81. The van der Waals surface area contributed by atoms with Crippen molar-refractivity contribution < 1.29 is 13.9 Å². The number of methoxy groups -OCH3 is 1. The SMILES string of the molecule is COc1ccc(OCCCCn2c(-c3ccc(F)cc3)nc3ccccc32)cc1. The summed E-state index contributed by atoms with van der Waals surface area (Å²) in [5.41, 5.74) is 2.95. The number of unbranched alkanes of at least 4 members (excludes halogenated alkanes) is 1. The van der Waals surface area contributed by atoms with Crippen LogP contribution in [-0.4, -0.2) is 23.3 Å². The number of nitrogens with zero attached hydrogens (tertiary/aromatic N) is 2. The topological polar surface area (TPSA) is 36.3 Å². The van der Waals surface area contributed by atoms with Crippen LogP contribution in [0.2, 0.25) is 0 Å². The lowest BCUT2D eigenvalue weighted by atomic mass is 10.2. The number of aromatic nitrogens is 2. The van der Waals surface area contributed by atoms with Gasteiger partial charge in [0.2, 0.25) is 0 Å². The molecule has 0 radical (unpaired) electrons. The van der Waals surface area contributed by atoms with E-state index >= 15 is 0 Å². The molecule has 0 amide bonds. The first-order chi connectivity index (χ1) is 14.2. The summed E-state index contributed by atoms with van der Waals surface area (Å²) in [5.74, 6) is 2.28. The van der Waals surface area contributed by atoms with Gasteiger partial charge in [-0.3, -0.25) is 0 Å². The van der Waals surface area contributed by atoms with Gasteiger partial charge in [0.05, 0.1) is 24.8 Å². The Labute approximate surface area is 169 Å². The summed E-state index contributed by atoms with van der Waals surface area (Å²) in [7, 11) is 1.65. The molecule has 0 aliphatic rings. The molecule has 0 unspecified atom stereocenters.